The predicted molar refractivity (Wildman–Crippen MR) is 65.5 cm³/mol. The first kappa shape index (κ1) is 12.6. The van der Waals surface area contributed by atoms with Crippen molar-refractivity contribution >= 4 is 23.2 Å². The van der Waals surface area contributed by atoms with Crippen LogP contribution < -0.4 is 0 Å². The Labute approximate surface area is 98.4 Å². The van der Waals surface area contributed by atoms with E-state index in [-0.39, 0.29) is 10.8 Å². The average Bonchev–Trinajstić information content (AvgIpc) is 2.18. The van der Waals surface area contributed by atoms with Gasteiger partial charge in [0.1, 0.15) is 0 Å². The fourth-order valence-electron chi connectivity index (χ4n) is 2.10. The lowest BCUT2D eigenvalue weighted by atomic mass is 10.0. The highest BCUT2D eigenvalue weighted by Crippen LogP contribution is 2.23. The van der Waals surface area contributed by atoms with Gasteiger partial charge in [-0.3, -0.25) is 0 Å². The van der Waals surface area contributed by atoms with E-state index in [1.54, 1.807) is 0 Å². The summed E-state index contributed by atoms with van der Waals surface area (Å²) < 4.78 is 0. The number of rotatable bonds is 0. The lowest BCUT2D eigenvalue weighted by molar-refractivity contribution is 0.510. The van der Waals surface area contributed by atoms with Crippen molar-refractivity contribution in [2.45, 2.75) is 75.0 Å². The number of hydrogen-bond donors (Lipinski definition) is 0. The molecular weight excluding hydrogens is 215 g/mol. The highest BCUT2D eigenvalue weighted by atomic mass is 35.5. The van der Waals surface area contributed by atoms with E-state index in [0.29, 0.717) is 0 Å². The Bertz CT molecular complexity index is 120. The number of alkyl halides is 2. The molecule has 0 aromatic carbocycles. The smallest absolute Gasteiger partial charge is 0.0499 e. The van der Waals surface area contributed by atoms with E-state index in [1.165, 1.54) is 51.4 Å². The van der Waals surface area contributed by atoms with Crippen LogP contribution in [-0.4, -0.2) is 10.8 Å². The molecule has 0 heterocycles. The minimum absolute atomic E-state index is 0.205. The topological polar surface area (TPSA) is 0 Å². The van der Waals surface area contributed by atoms with Crippen molar-refractivity contribution in [3.8, 4) is 0 Å². The van der Waals surface area contributed by atoms with E-state index < -0.39 is 0 Å². The second-order valence-corrected chi connectivity index (χ2v) is 5.56. The summed E-state index contributed by atoms with van der Waals surface area (Å²) in [6.45, 7) is 0. The molecule has 14 heavy (non-hydrogen) atoms. The minimum Gasteiger partial charge on any atom is -0.121 e. The molecular formula is C12H22Cl2. The van der Waals surface area contributed by atoms with Gasteiger partial charge in [-0.05, 0) is 12.8 Å². The largest absolute Gasteiger partial charge is 0.121 e. The summed E-state index contributed by atoms with van der Waals surface area (Å²) in [5.41, 5.74) is 0. The van der Waals surface area contributed by atoms with Crippen LogP contribution in [0.5, 0.6) is 0 Å². The zero-order valence-electron chi connectivity index (χ0n) is 8.98. The van der Waals surface area contributed by atoms with Gasteiger partial charge in [0.05, 0.1) is 0 Å². The molecule has 84 valence electrons. The fraction of sp³-hybridized carbons (Fsp3) is 1.00. The summed E-state index contributed by atoms with van der Waals surface area (Å²) >= 11 is 12.5. The van der Waals surface area contributed by atoms with E-state index in [1.807, 2.05) is 0 Å². The summed E-state index contributed by atoms with van der Waals surface area (Å²) in [4.78, 5) is 0. The third-order valence-corrected chi connectivity index (χ3v) is 4.28. The van der Waals surface area contributed by atoms with E-state index in [9.17, 15) is 0 Å². The van der Waals surface area contributed by atoms with Crippen LogP contribution in [0.1, 0.15) is 64.2 Å². The van der Waals surface area contributed by atoms with Crippen molar-refractivity contribution in [3.63, 3.8) is 0 Å². The molecule has 1 aliphatic carbocycles. The van der Waals surface area contributed by atoms with Crippen LogP contribution in [-0.2, 0) is 0 Å². The van der Waals surface area contributed by atoms with Crippen LogP contribution >= 0.6 is 23.2 Å². The van der Waals surface area contributed by atoms with Crippen molar-refractivity contribution in [2.75, 3.05) is 0 Å². The Balaban J connectivity index is 2.23. The maximum atomic E-state index is 6.23. The zero-order valence-corrected chi connectivity index (χ0v) is 10.5. The van der Waals surface area contributed by atoms with Gasteiger partial charge in [0, 0.05) is 10.8 Å². The third kappa shape index (κ3) is 5.46. The molecule has 0 spiro atoms. The first-order valence-electron chi connectivity index (χ1n) is 6.09. The van der Waals surface area contributed by atoms with Crippen LogP contribution in [0.3, 0.4) is 0 Å². The zero-order chi connectivity index (χ0) is 10.2. The SMILES string of the molecule is ClC1CCCCCCCCCCC1Cl. The van der Waals surface area contributed by atoms with Crippen LogP contribution in [0.25, 0.3) is 0 Å². The van der Waals surface area contributed by atoms with Gasteiger partial charge in [0.25, 0.3) is 0 Å². The molecule has 0 aliphatic heterocycles. The monoisotopic (exact) mass is 236 g/mol. The Morgan fingerprint density at radius 2 is 0.786 bits per heavy atom. The molecule has 2 unspecified atom stereocenters. The quantitative estimate of drug-likeness (QED) is 0.513. The van der Waals surface area contributed by atoms with Gasteiger partial charge in [-0.25, -0.2) is 0 Å². The van der Waals surface area contributed by atoms with Crippen molar-refractivity contribution < 1.29 is 0 Å². The molecule has 0 saturated heterocycles. The second kappa shape index (κ2) is 7.82. The molecule has 2 heteroatoms. The second-order valence-electron chi connectivity index (χ2n) is 4.44. The highest BCUT2D eigenvalue weighted by Gasteiger charge is 2.15. The summed E-state index contributed by atoms with van der Waals surface area (Å²) in [5, 5.41) is 0.409. The van der Waals surface area contributed by atoms with Gasteiger partial charge in [-0.1, -0.05) is 51.4 Å². The fourth-order valence-corrected chi connectivity index (χ4v) is 2.66. The molecule has 1 rings (SSSR count). The van der Waals surface area contributed by atoms with E-state index >= 15 is 0 Å². The van der Waals surface area contributed by atoms with Gasteiger partial charge in [0.15, 0.2) is 0 Å². The maximum Gasteiger partial charge on any atom is 0.0499 e. The summed E-state index contributed by atoms with van der Waals surface area (Å²) in [6, 6.07) is 0. The normalized spacial score (nSPS) is 33.0. The van der Waals surface area contributed by atoms with Crippen LogP contribution in [0.15, 0.2) is 0 Å². The molecule has 2 atom stereocenters. The van der Waals surface area contributed by atoms with Crippen LogP contribution in [0, 0.1) is 0 Å². The molecule has 0 bridgehead atoms. The summed E-state index contributed by atoms with van der Waals surface area (Å²) in [7, 11) is 0. The lowest BCUT2D eigenvalue weighted by Crippen LogP contribution is -2.15. The standard InChI is InChI=1S/C12H22Cl2/c13-11-9-7-5-3-1-2-4-6-8-10-12(11)14/h11-12H,1-10H2. The molecule has 0 N–H and O–H groups in total. The molecule has 0 aromatic heterocycles. The predicted octanol–water partition coefficient (Wildman–Crippen LogP) is 5.12. The van der Waals surface area contributed by atoms with Gasteiger partial charge in [0.2, 0.25) is 0 Å². The third-order valence-electron chi connectivity index (χ3n) is 3.10. The average molecular weight is 237 g/mol. The molecule has 0 aromatic rings. The van der Waals surface area contributed by atoms with Crippen molar-refractivity contribution in [1.29, 1.82) is 0 Å². The van der Waals surface area contributed by atoms with Gasteiger partial charge >= 0.3 is 0 Å². The van der Waals surface area contributed by atoms with Crippen LogP contribution in [0.2, 0.25) is 0 Å². The lowest BCUT2D eigenvalue weighted by Gasteiger charge is -2.16. The highest BCUT2D eigenvalue weighted by molar-refractivity contribution is 6.29. The van der Waals surface area contributed by atoms with E-state index in [2.05, 4.69) is 0 Å². The summed E-state index contributed by atoms with van der Waals surface area (Å²) in [6.07, 6.45) is 13.0. The Morgan fingerprint density at radius 1 is 0.500 bits per heavy atom. The Hall–Kier alpha value is 0.580. The van der Waals surface area contributed by atoms with Crippen molar-refractivity contribution in [1.82, 2.24) is 0 Å². The van der Waals surface area contributed by atoms with E-state index in [4.69, 9.17) is 23.2 Å². The van der Waals surface area contributed by atoms with Crippen LogP contribution in [0.4, 0.5) is 0 Å². The van der Waals surface area contributed by atoms with Gasteiger partial charge in [-0.15, -0.1) is 23.2 Å². The molecule has 0 radical (unpaired) electrons. The Kier molecular flexibility index (Phi) is 7.06. The van der Waals surface area contributed by atoms with Crippen molar-refractivity contribution in [2.24, 2.45) is 0 Å². The van der Waals surface area contributed by atoms with Crippen molar-refractivity contribution in [3.05, 3.63) is 0 Å². The summed E-state index contributed by atoms with van der Waals surface area (Å²) in [5.74, 6) is 0. The first-order chi connectivity index (χ1) is 6.80. The molecule has 1 fully saturated rings. The van der Waals surface area contributed by atoms with E-state index in [0.717, 1.165) is 12.8 Å². The number of halogens is 2. The first-order valence-corrected chi connectivity index (χ1v) is 6.96. The Morgan fingerprint density at radius 3 is 1.14 bits per heavy atom. The molecule has 0 nitrogen and oxygen atoms in total. The molecule has 1 saturated carbocycles. The molecule has 1 aliphatic rings. The van der Waals surface area contributed by atoms with Gasteiger partial charge in [-0.2, -0.15) is 0 Å². The maximum absolute atomic E-state index is 6.23. The van der Waals surface area contributed by atoms with Gasteiger partial charge < -0.3 is 0 Å². The number of hydrogen-bond acceptors (Lipinski definition) is 0. The molecule has 0 amide bonds. The minimum atomic E-state index is 0.205.